The highest BCUT2D eigenvalue weighted by Crippen LogP contribution is 2.48. The van der Waals surface area contributed by atoms with E-state index in [0.29, 0.717) is 42.1 Å². The number of carbonyl (C=O) groups excluding carboxylic acids is 2. The number of hydrogen-bond donors (Lipinski definition) is 0. The van der Waals surface area contributed by atoms with Gasteiger partial charge in [-0.25, -0.2) is 0 Å². The molecular formula is C22H26N2O5. The minimum absolute atomic E-state index is 0.216. The van der Waals surface area contributed by atoms with Crippen LogP contribution in [-0.2, 0) is 19.1 Å². The maximum Gasteiger partial charge on any atom is 0.303 e. The summed E-state index contributed by atoms with van der Waals surface area (Å²) >= 11 is 0. The first kappa shape index (κ1) is 20.7. The lowest BCUT2D eigenvalue weighted by Crippen LogP contribution is -2.58. The highest BCUT2D eigenvalue weighted by molar-refractivity contribution is 5.91. The Bertz CT molecular complexity index is 882. The van der Waals surface area contributed by atoms with Crippen LogP contribution in [0.25, 0.3) is 0 Å². The number of benzene rings is 1. The number of esters is 1. The van der Waals surface area contributed by atoms with Crippen LogP contribution >= 0.6 is 0 Å². The zero-order valence-electron chi connectivity index (χ0n) is 17.2. The molecule has 0 spiro atoms. The number of fused-ring (bicyclic) bond motifs is 1. The third-order valence-electron chi connectivity index (χ3n) is 5.63. The fourth-order valence-corrected chi connectivity index (χ4v) is 4.17. The van der Waals surface area contributed by atoms with Gasteiger partial charge in [-0.05, 0) is 38.0 Å². The first-order valence-electron chi connectivity index (χ1n) is 9.93. The first-order valence-corrected chi connectivity index (χ1v) is 9.93. The van der Waals surface area contributed by atoms with E-state index in [9.17, 15) is 14.9 Å². The molecule has 7 heteroatoms. The highest BCUT2D eigenvalue weighted by atomic mass is 16.6. The van der Waals surface area contributed by atoms with Crippen molar-refractivity contribution in [2.24, 2.45) is 0 Å². The van der Waals surface area contributed by atoms with Crippen molar-refractivity contribution >= 4 is 11.9 Å². The molecule has 29 heavy (non-hydrogen) atoms. The summed E-state index contributed by atoms with van der Waals surface area (Å²) in [6.45, 7) is 7.89. The van der Waals surface area contributed by atoms with Crippen molar-refractivity contribution in [1.82, 2.24) is 4.90 Å². The van der Waals surface area contributed by atoms with E-state index in [0.717, 1.165) is 0 Å². The maximum atomic E-state index is 12.9. The van der Waals surface area contributed by atoms with Crippen LogP contribution < -0.4 is 4.74 Å². The van der Waals surface area contributed by atoms with E-state index in [1.165, 1.54) is 13.0 Å². The second kappa shape index (κ2) is 8.16. The van der Waals surface area contributed by atoms with E-state index in [1.807, 2.05) is 20.8 Å². The third kappa shape index (κ3) is 3.67. The number of carbonyl (C=O) groups is 2. The van der Waals surface area contributed by atoms with E-state index >= 15 is 0 Å². The molecule has 0 radical (unpaired) electrons. The van der Waals surface area contributed by atoms with Crippen LogP contribution in [0.4, 0.5) is 0 Å². The van der Waals surface area contributed by atoms with Crippen LogP contribution in [0.15, 0.2) is 30.0 Å². The molecule has 2 heterocycles. The van der Waals surface area contributed by atoms with E-state index in [2.05, 4.69) is 6.07 Å². The Morgan fingerprint density at radius 1 is 1.34 bits per heavy atom. The largest absolute Gasteiger partial charge is 0.496 e. The number of hydrogen-bond acceptors (Lipinski definition) is 6. The van der Waals surface area contributed by atoms with Crippen molar-refractivity contribution in [3.8, 4) is 11.8 Å². The third-order valence-corrected chi connectivity index (χ3v) is 5.63. The van der Waals surface area contributed by atoms with Gasteiger partial charge in [-0.2, -0.15) is 5.26 Å². The Morgan fingerprint density at radius 2 is 2.07 bits per heavy atom. The van der Waals surface area contributed by atoms with Crippen LogP contribution in [0.3, 0.4) is 0 Å². The fraction of sp³-hybridized carbons (Fsp3) is 0.500. The van der Waals surface area contributed by atoms with E-state index < -0.39 is 23.7 Å². The van der Waals surface area contributed by atoms with Gasteiger partial charge in [0.05, 0.1) is 24.8 Å². The number of amides is 1. The maximum absolute atomic E-state index is 12.9. The number of rotatable bonds is 6. The van der Waals surface area contributed by atoms with Gasteiger partial charge < -0.3 is 19.1 Å². The Labute approximate surface area is 170 Å². The standard InChI is InChI=1S/C22H26N2O5/c1-5-22(6-2)21(28-14(4)25)20(24-13-16(27-7-3)11-19(24)26)17-10-15(12-23)8-9-18(17)29-22/h8-11,20-21H,5-7,13H2,1-4H3. The molecule has 0 aliphatic carbocycles. The summed E-state index contributed by atoms with van der Waals surface area (Å²) in [4.78, 5) is 26.5. The minimum atomic E-state index is -0.786. The molecule has 0 saturated carbocycles. The molecule has 0 aromatic heterocycles. The number of nitriles is 1. The zero-order valence-corrected chi connectivity index (χ0v) is 17.2. The van der Waals surface area contributed by atoms with Crippen molar-refractivity contribution in [3.63, 3.8) is 0 Å². The van der Waals surface area contributed by atoms with E-state index in [-0.39, 0.29) is 12.5 Å². The molecule has 0 saturated heterocycles. The lowest BCUT2D eigenvalue weighted by Gasteiger charge is -2.49. The quantitative estimate of drug-likeness (QED) is 0.684. The topological polar surface area (TPSA) is 88.9 Å². The average molecular weight is 398 g/mol. The normalized spacial score (nSPS) is 22.2. The van der Waals surface area contributed by atoms with Gasteiger partial charge in [0, 0.05) is 18.6 Å². The van der Waals surface area contributed by atoms with Crippen LogP contribution in [0, 0.1) is 11.3 Å². The molecule has 2 aliphatic heterocycles. The second-order valence-electron chi connectivity index (χ2n) is 7.22. The highest BCUT2D eigenvalue weighted by Gasteiger charge is 2.53. The predicted octanol–water partition coefficient (Wildman–Crippen LogP) is 3.24. The van der Waals surface area contributed by atoms with Crippen molar-refractivity contribution in [3.05, 3.63) is 41.2 Å². The molecule has 0 N–H and O–H groups in total. The molecule has 3 rings (SSSR count). The number of nitrogens with zero attached hydrogens (tertiary/aromatic N) is 2. The average Bonchev–Trinajstić information content (AvgIpc) is 3.06. The summed E-state index contributed by atoms with van der Waals surface area (Å²) in [5, 5.41) is 9.37. The van der Waals surface area contributed by atoms with Gasteiger partial charge in [-0.3, -0.25) is 9.59 Å². The molecule has 2 aliphatic rings. The molecule has 154 valence electrons. The number of ether oxygens (including phenoxy) is 3. The van der Waals surface area contributed by atoms with Gasteiger partial charge in [0.25, 0.3) is 5.91 Å². The van der Waals surface area contributed by atoms with E-state index in [4.69, 9.17) is 14.2 Å². The van der Waals surface area contributed by atoms with Gasteiger partial charge in [0.15, 0.2) is 6.10 Å². The van der Waals surface area contributed by atoms with Crippen molar-refractivity contribution in [2.45, 2.75) is 58.3 Å². The van der Waals surface area contributed by atoms with Gasteiger partial charge in [0.2, 0.25) is 0 Å². The predicted molar refractivity (Wildman–Crippen MR) is 105 cm³/mol. The molecule has 2 atom stereocenters. The minimum Gasteiger partial charge on any atom is -0.496 e. The van der Waals surface area contributed by atoms with Crippen molar-refractivity contribution in [1.29, 1.82) is 5.26 Å². The second-order valence-corrected chi connectivity index (χ2v) is 7.22. The molecular weight excluding hydrogens is 372 g/mol. The van der Waals surface area contributed by atoms with E-state index in [1.54, 1.807) is 23.1 Å². The zero-order chi connectivity index (χ0) is 21.2. The van der Waals surface area contributed by atoms with Gasteiger partial charge in [-0.1, -0.05) is 13.8 Å². The molecule has 0 bridgehead atoms. The summed E-state index contributed by atoms with van der Waals surface area (Å²) in [6.07, 6.45) is 1.93. The van der Waals surface area contributed by atoms with Gasteiger partial charge >= 0.3 is 5.97 Å². The Kier molecular flexibility index (Phi) is 5.83. The van der Waals surface area contributed by atoms with Crippen molar-refractivity contribution < 1.29 is 23.8 Å². The first-order chi connectivity index (χ1) is 13.9. The molecule has 7 nitrogen and oxygen atoms in total. The fourth-order valence-electron chi connectivity index (χ4n) is 4.17. The van der Waals surface area contributed by atoms with Crippen molar-refractivity contribution in [2.75, 3.05) is 13.2 Å². The Morgan fingerprint density at radius 3 is 2.66 bits per heavy atom. The summed E-state index contributed by atoms with van der Waals surface area (Å²) in [5.41, 5.74) is 0.322. The molecule has 1 aromatic rings. The molecule has 1 aromatic carbocycles. The van der Waals surface area contributed by atoms with Crippen LogP contribution in [-0.4, -0.2) is 41.6 Å². The smallest absolute Gasteiger partial charge is 0.303 e. The van der Waals surface area contributed by atoms with Crippen LogP contribution in [0.5, 0.6) is 5.75 Å². The van der Waals surface area contributed by atoms with Gasteiger partial charge in [0.1, 0.15) is 23.2 Å². The summed E-state index contributed by atoms with van der Waals surface area (Å²) in [6, 6.07) is 6.69. The summed E-state index contributed by atoms with van der Waals surface area (Å²) in [5.74, 6) is 0.507. The SMILES string of the molecule is CCOC1=CC(=O)N(C2c3cc(C#N)ccc3OC(CC)(CC)C2OC(C)=O)C1. The van der Waals surface area contributed by atoms with Gasteiger partial charge in [-0.15, -0.1) is 0 Å². The monoisotopic (exact) mass is 398 g/mol. The lowest BCUT2D eigenvalue weighted by atomic mass is 9.79. The van der Waals surface area contributed by atoms with Crippen LogP contribution in [0.1, 0.15) is 57.7 Å². The summed E-state index contributed by atoms with van der Waals surface area (Å²) < 4.78 is 17.7. The molecule has 0 fully saturated rings. The van der Waals surface area contributed by atoms with Crippen LogP contribution in [0.2, 0.25) is 0 Å². The lowest BCUT2D eigenvalue weighted by molar-refractivity contribution is -0.177. The molecule has 2 unspecified atom stereocenters. The Balaban J connectivity index is 2.16. The molecule has 1 amide bonds. The summed E-state index contributed by atoms with van der Waals surface area (Å²) in [7, 11) is 0. The Hall–Kier alpha value is -3.01.